The number of rotatable bonds is 2. The van der Waals surface area contributed by atoms with Gasteiger partial charge in [-0.25, -0.2) is 4.39 Å². The average molecular weight is 352 g/mol. The first kappa shape index (κ1) is 16.5. The predicted octanol–water partition coefficient (Wildman–Crippen LogP) is 2.88. The molecule has 1 aliphatic heterocycles. The number of carbonyl (C=O) groups is 1. The van der Waals surface area contributed by atoms with Gasteiger partial charge in [-0.1, -0.05) is 36.4 Å². The summed E-state index contributed by atoms with van der Waals surface area (Å²) in [7, 11) is 0. The van der Waals surface area contributed by atoms with Crippen LogP contribution in [0.15, 0.2) is 59.4 Å². The van der Waals surface area contributed by atoms with Gasteiger partial charge in [0.1, 0.15) is 17.6 Å². The number of halogens is 1. The number of ether oxygens (including phenoxy) is 1. The molecule has 1 aliphatic rings. The number of H-pyrrole nitrogens is 1. The largest absolute Gasteiger partial charge is 0.370 e. The first-order valence-corrected chi connectivity index (χ1v) is 8.41. The van der Waals surface area contributed by atoms with Crippen LogP contribution >= 0.6 is 0 Å². The minimum atomic E-state index is -0.527. The molecule has 0 spiro atoms. The van der Waals surface area contributed by atoms with Crippen LogP contribution in [0.25, 0.3) is 10.8 Å². The highest BCUT2D eigenvalue weighted by Crippen LogP contribution is 2.25. The van der Waals surface area contributed by atoms with E-state index in [0.717, 1.165) is 0 Å². The van der Waals surface area contributed by atoms with Crippen molar-refractivity contribution in [3.63, 3.8) is 0 Å². The highest BCUT2D eigenvalue weighted by atomic mass is 19.1. The fourth-order valence-electron chi connectivity index (χ4n) is 3.25. The lowest BCUT2D eigenvalue weighted by molar-refractivity contribution is -0.0244. The van der Waals surface area contributed by atoms with Gasteiger partial charge in [-0.2, -0.15) is 0 Å². The van der Waals surface area contributed by atoms with Crippen LogP contribution in [-0.4, -0.2) is 35.5 Å². The zero-order valence-electron chi connectivity index (χ0n) is 13.9. The van der Waals surface area contributed by atoms with E-state index in [0.29, 0.717) is 29.5 Å². The van der Waals surface area contributed by atoms with Crippen molar-refractivity contribution in [2.24, 2.45) is 0 Å². The molecule has 6 heteroatoms. The van der Waals surface area contributed by atoms with Crippen molar-refractivity contribution < 1.29 is 13.9 Å². The van der Waals surface area contributed by atoms with Gasteiger partial charge in [0.05, 0.1) is 13.2 Å². The second-order valence-electron chi connectivity index (χ2n) is 6.23. The molecule has 132 valence electrons. The Balaban J connectivity index is 1.62. The Hall–Kier alpha value is -2.99. The van der Waals surface area contributed by atoms with Crippen molar-refractivity contribution in [1.82, 2.24) is 9.88 Å². The van der Waals surface area contributed by atoms with Crippen LogP contribution in [-0.2, 0) is 4.74 Å². The number of hydrogen-bond donors (Lipinski definition) is 1. The van der Waals surface area contributed by atoms with Crippen LogP contribution in [0.4, 0.5) is 4.39 Å². The molecular weight excluding hydrogens is 335 g/mol. The maximum absolute atomic E-state index is 14.0. The van der Waals surface area contributed by atoms with Crippen LogP contribution in [0.3, 0.4) is 0 Å². The second-order valence-corrected chi connectivity index (χ2v) is 6.23. The first-order valence-electron chi connectivity index (χ1n) is 8.41. The Morgan fingerprint density at radius 1 is 1.15 bits per heavy atom. The Bertz CT molecular complexity index is 1030. The predicted molar refractivity (Wildman–Crippen MR) is 95.6 cm³/mol. The Kier molecular flexibility index (Phi) is 4.26. The monoisotopic (exact) mass is 352 g/mol. The lowest BCUT2D eigenvalue weighted by Gasteiger charge is -2.33. The molecular formula is C20H17FN2O3. The van der Waals surface area contributed by atoms with Gasteiger partial charge in [0.25, 0.3) is 11.5 Å². The number of nitrogens with one attached hydrogen (secondary N) is 1. The summed E-state index contributed by atoms with van der Waals surface area (Å²) in [5, 5.41) is 1.24. The van der Waals surface area contributed by atoms with Crippen LogP contribution in [0, 0.1) is 5.82 Å². The molecule has 2 aromatic carbocycles. The smallest absolute Gasteiger partial charge is 0.270 e. The van der Waals surface area contributed by atoms with Crippen molar-refractivity contribution in [3.05, 3.63) is 82.0 Å². The number of pyridine rings is 1. The van der Waals surface area contributed by atoms with Crippen LogP contribution in [0.5, 0.6) is 0 Å². The molecule has 1 N–H and O–H groups in total. The molecule has 1 saturated heterocycles. The molecule has 1 unspecified atom stereocenters. The van der Waals surface area contributed by atoms with Crippen molar-refractivity contribution in [3.8, 4) is 0 Å². The molecule has 3 aromatic rings. The molecule has 0 aliphatic carbocycles. The summed E-state index contributed by atoms with van der Waals surface area (Å²) < 4.78 is 19.7. The van der Waals surface area contributed by atoms with Gasteiger partial charge in [0.15, 0.2) is 0 Å². The third-order valence-corrected chi connectivity index (χ3v) is 4.59. The van der Waals surface area contributed by atoms with Crippen molar-refractivity contribution in [2.45, 2.75) is 6.10 Å². The molecule has 4 rings (SSSR count). The van der Waals surface area contributed by atoms with Crippen molar-refractivity contribution >= 4 is 16.7 Å². The SMILES string of the molecule is O=C(c1cc2ccccc2c(=O)[nH]1)N1CCOC(c2ccccc2F)C1. The lowest BCUT2D eigenvalue weighted by atomic mass is 10.1. The van der Waals surface area contributed by atoms with E-state index in [1.165, 1.54) is 6.07 Å². The van der Waals surface area contributed by atoms with Gasteiger partial charge in [-0.05, 0) is 23.6 Å². The highest BCUT2D eigenvalue weighted by Gasteiger charge is 2.28. The number of amides is 1. The second kappa shape index (κ2) is 6.72. The summed E-state index contributed by atoms with van der Waals surface area (Å²) in [5.41, 5.74) is 0.352. The van der Waals surface area contributed by atoms with Crippen molar-refractivity contribution in [1.29, 1.82) is 0 Å². The summed E-state index contributed by atoms with van der Waals surface area (Å²) >= 11 is 0. The van der Waals surface area contributed by atoms with Gasteiger partial charge >= 0.3 is 0 Å². The Morgan fingerprint density at radius 2 is 1.92 bits per heavy atom. The van der Waals surface area contributed by atoms with E-state index in [4.69, 9.17) is 4.74 Å². The van der Waals surface area contributed by atoms with E-state index in [-0.39, 0.29) is 29.5 Å². The average Bonchev–Trinajstić information content (AvgIpc) is 2.68. The van der Waals surface area contributed by atoms with Gasteiger partial charge in [0.2, 0.25) is 0 Å². The molecule has 1 amide bonds. The molecule has 1 atom stereocenters. The number of morpholine rings is 1. The summed E-state index contributed by atoms with van der Waals surface area (Å²) in [5.74, 6) is -0.650. The van der Waals surface area contributed by atoms with Gasteiger partial charge in [-0.15, -0.1) is 0 Å². The quantitative estimate of drug-likeness (QED) is 0.771. The van der Waals surface area contributed by atoms with E-state index < -0.39 is 6.10 Å². The number of nitrogens with zero attached hydrogens (tertiary/aromatic N) is 1. The number of aromatic amines is 1. The molecule has 0 radical (unpaired) electrons. The maximum Gasteiger partial charge on any atom is 0.270 e. The Labute approximate surface area is 149 Å². The van der Waals surface area contributed by atoms with E-state index in [1.54, 1.807) is 47.4 Å². The lowest BCUT2D eigenvalue weighted by Crippen LogP contribution is -2.43. The maximum atomic E-state index is 14.0. The number of carbonyl (C=O) groups excluding carboxylic acids is 1. The van der Waals surface area contributed by atoms with Crippen molar-refractivity contribution in [2.75, 3.05) is 19.7 Å². The molecule has 0 bridgehead atoms. The minimum absolute atomic E-state index is 0.225. The fourth-order valence-corrected chi connectivity index (χ4v) is 3.25. The number of hydrogen-bond acceptors (Lipinski definition) is 3. The molecule has 26 heavy (non-hydrogen) atoms. The topological polar surface area (TPSA) is 62.4 Å². The molecule has 5 nitrogen and oxygen atoms in total. The van der Waals surface area contributed by atoms with Crippen LogP contribution < -0.4 is 5.56 Å². The molecule has 0 saturated carbocycles. The van der Waals surface area contributed by atoms with E-state index in [1.807, 2.05) is 6.07 Å². The normalized spacial score (nSPS) is 17.4. The van der Waals surface area contributed by atoms with E-state index in [2.05, 4.69) is 4.98 Å². The summed E-state index contributed by atoms with van der Waals surface area (Å²) in [6.07, 6.45) is -0.527. The first-order chi connectivity index (χ1) is 12.6. The van der Waals surface area contributed by atoms with Crippen LogP contribution in [0.2, 0.25) is 0 Å². The minimum Gasteiger partial charge on any atom is -0.370 e. The highest BCUT2D eigenvalue weighted by molar-refractivity contribution is 5.96. The third kappa shape index (κ3) is 2.99. The zero-order chi connectivity index (χ0) is 18.1. The number of fused-ring (bicyclic) bond motifs is 1. The standard InChI is InChI=1S/C20H17FN2O3/c21-16-8-4-3-7-15(16)18-12-23(9-10-26-18)20(25)17-11-13-5-1-2-6-14(13)19(24)22-17/h1-8,11,18H,9-10,12H2,(H,22,24). The van der Waals surface area contributed by atoms with Gasteiger partial charge in [-0.3, -0.25) is 9.59 Å². The summed E-state index contributed by atoms with van der Waals surface area (Å²) in [6.45, 7) is 0.926. The van der Waals surface area contributed by atoms with Crippen LogP contribution in [0.1, 0.15) is 22.2 Å². The van der Waals surface area contributed by atoms with E-state index in [9.17, 15) is 14.0 Å². The van der Waals surface area contributed by atoms with Gasteiger partial charge in [0, 0.05) is 17.5 Å². The zero-order valence-corrected chi connectivity index (χ0v) is 13.9. The molecule has 2 heterocycles. The van der Waals surface area contributed by atoms with E-state index >= 15 is 0 Å². The number of aromatic nitrogens is 1. The Morgan fingerprint density at radius 3 is 2.77 bits per heavy atom. The summed E-state index contributed by atoms with van der Waals surface area (Å²) in [6, 6.07) is 15.2. The fraction of sp³-hybridized carbons (Fsp3) is 0.200. The van der Waals surface area contributed by atoms with Gasteiger partial charge < -0.3 is 14.6 Å². The third-order valence-electron chi connectivity index (χ3n) is 4.59. The molecule has 1 fully saturated rings. The molecule has 1 aromatic heterocycles. The summed E-state index contributed by atoms with van der Waals surface area (Å²) in [4.78, 5) is 29.3. The number of benzene rings is 2.